The van der Waals surface area contributed by atoms with Crippen LogP contribution in [0.2, 0.25) is 0 Å². The Morgan fingerprint density at radius 3 is 2.75 bits per heavy atom. The Morgan fingerprint density at radius 2 is 2.19 bits per heavy atom. The van der Waals surface area contributed by atoms with Crippen LogP contribution in [0.3, 0.4) is 0 Å². The molecule has 16 heavy (non-hydrogen) atoms. The van der Waals surface area contributed by atoms with Gasteiger partial charge in [-0.1, -0.05) is 6.07 Å². The molecule has 0 saturated carbocycles. The highest BCUT2D eigenvalue weighted by Gasteiger charge is 2.20. The van der Waals surface area contributed by atoms with E-state index >= 15 is 0 Å². The summed E-state index contributed by atoms with van der Waals surface area (Å²) < 4.78 is 5.13. The number of hydrogen-bond donors (Lipinski definition) is 2. The molecule has 1 rings (SSSR count). The number of carbonyl (C=O) groups excluding carboxylic acids is 1. The van der Waals surface area contributed by atoms with Crippen molar-refractivity contribution in [1.29, 1.82) is 0 Å². The normalized spacial score (nSPS) is 10.9. The number of phenolic OH excluding ortho intramolecular Hbond substituents is 1. The molecule has 0 saturated heterocycles. The molecule has 4 heteroatoms. The van der Waals surface area contributed by atoms with Crippen LogP contribution in [0.4, 0.5) is 5.69 Å². The molecular weight excluding hydrogens is 206 g/mol. The molecule has 0 amide bonds. The third kappa shape index (κ3) is 4.21. The quantitative estimate of drug-likeness (QED) is 0.768. The maximum absolute atomic E-state index is 10.8. The summed E-state index contributed by atoms with van der Waals surface area (Å²) in [5, 5.41) is 12.4. The summed E-state index contributed by atoms with van der Waals surface area (Å²) in [7, 11) is 0. The second-order valence-electron chi connectivity index (χ2n) is 4.26. The van der Waals surface area contributed by atoms with Gasteiger partial charge in [-0.25, -0.2) is 0 Å². The van der Waals surface area contributed by atoms with Crippen LogP contribution in [-0.4, -0.2) is 23.2 Å². The summed E-state index contributed by atoms with van der Waals surface area (Å²) in [6.45, 7) is 5.51. The highest BCUT2D eigenvalue weighted by atomic mass is 16.6. The van der Waals surface area contributed by atoms with Gasteiger partial charge < -0.3 is 15.2 Å². The average Bonchev–Trinajstić information content (AvgIpc) is 2.13. The Bertz CT molecular complexity index is 374. The molecule has 0 aliphatic carbocycles. The smallest absolute Gasteiger partial charge is 0.303 e. The molecule has 1 aromatic carbocycles. The Morgan fingerprint density at radius 1 is 1.50 bits per heavy atom. The fraction of sp³-hybridized carbons (Fsp3) is 0.417. The fourth-order valence-corrected chi connectivity index (χ4v) is 1.36. The van der Waals surface area contributed by atoms with Crippen LogP contribution in [0, 0.1) is 0 Å². The Hall–Kier alpha value is -1.71. The van der Waals surface area contributed by atoms with Crippen molar-refractivity contribution in [2.45, 2.75) is 26.4 Å². The van der Waals surface area contributed by atoms with Gasteiger partial charge in [0, 0.05) is 18.7 Å². The topological polar surface area (TPSA) is 58.6 Å². The lowest BCUT2D eigenvalue weighted by molar-refractivity contribution is -0.152. The van der Waals surface area contributed by atoms with Gasteiger partial charge in [0.15, 0.2) is 0 Å². The molecule has 0 radical (unpaired) electrons. The van der Waals surface area contributed by atoms with Crippen molar-refractivity contribution in [3.63, 3.8) is 0 Å². The molecule has 0 bridgehead atoms. The number of phenols is 1. The molecule has 0 aliphatic heterocycles. The number of benzene rings is 1. The summed E-state index contributed by atoms with van der Waals surface area (Å²) in [6, 6.07) is 6.80. The van der Waals surface area contributed by atoms with Crippen LogP contribution in [0.25, 0.3) is 0 Å². The third-order valence-corrected chi connectivity index (χ3v) is 1.98. The summed E-state index contributed by atoms with van der Waals surface area (Å²) in [6.07, 6.45) is 0. The summed E-state index contributed by atoms with van der Waals surface area (Å²) in [4.78, 5) is 10.8. The monoisotopic (exact) mass is 223 g/mol. The highest BCUT2D eigenvalue weighted by molar-refractivity contribution is 5.66. The Labute approximate surface area is 95.2 Å². The Balaban J connectivity index is 2.54. The maximum atomic E-state index is 10.8. The van der Waals surface area contributed by atoms with E-state index in [-0.39, 0.29) is 11.7 Å². The molecule has 1 aromatic rings. The van der Waals surface area contributed by atoms with Gasteiger partial charge in [0.1, 0.15) is 11.4 Å². The summed E-state index contributed by atoms with van der Waals surface area (Å²) in [5.41, 5.74) is 0.220. The van der Waals surface area contributed by atoms with Crippen LogP contribution in [0.5, 0.6) is 5.75 Å². The van der Waals surface area contributed by atoms with Gasteiger partial charge in [0.25, 0.3) is 0 Å². The molecule has 88 valence electrons. The number of anilines is 1. The lowest BCUT2D eigenvalue weighted by Crippen LogP contribution is -2.35. The summed E-state index contributed by atoms with van der Waals surface area (Å²) >= 11 is 0. The Kier molecular flexibility index (Phi) is 3.77. The third-order valence-electron chi connectivity index (χ3n) is 1.98. The first kappa shape index (κ1) is 12.4. The van der Waals surface area contributed by atoms with E-state index < -0.39 is 5.60 Å². The van der Waals surface area contributed by atoms with E-state index in [0.717, 1.165) is 5.69 Å². The van der Waals surface area contributed by atoms with E-state index in [2.05, 4.69) is 5.32 Å². The zero-order valence-corrected chi connectivity index (χ0v) is 9.78. The standard InChI is InChI=1S/C12H17NO3/c1-9(14)16-12(2,3)8-13-10-5-4-6-11(15)7-10/h4-7,13,15H,8H2,1-3H3. The van der Waals surface area contributed by atoms with Gasteiger partial charge >= 0.3 is 5.97 Å². The molecule has 2 N–H and O–H groups in total. The molecule has 4 nitrogen and oxygen atoms in total. The van der Waals surface area contributed by atoms with Crippen LogP contribution < -0.4 is 5.32 Å². The van der Waals surface area contributed by atoms with Gasteiger partial charge in [-0.05, 0) is 26.0 Å². The lowest BCUT2D eigenvalue weighted by atomic mass is 10.1. The molecular formula is C12H17NO3. The van der Waals surface area contributed by atoms with E-state index in [1.54, 1.807) is 18.2 Å². The molecule has 0 atom stereocenters. The first-order valence-electron chi connectivity index (χ1n) is 5.11. The van der Waals surface area contributed by atoms with Gasteiger partial charge in [-0.15, -0.1) is 0 Å². The zero-order chi connectivity index (χ0) is 12.2. The highest BCUT2D eigenvalue weighted by Crippen LogP contribution is 2.17. The number of hydrogen-bond acceptors (Lipinski definition) is 4. The average molecular weight is 223 g/mol. The minimum Gasteiger partial charge on any atom is -0.508 e. The molecule has 0 aliphatic rings. The number of ether oxygens (including phenoxy) is 1. The van der Waals surface area contributed by atoms with Crippen LogP contribution in [-0.2, 0) is 9.53 Å². The van der Waals surface area contributed by atoms with Crippen molar-refractivity contribution in [2.24, 2.45) is 0 Å². The SMILES string of the molecule is CC(=O)OC(C)(C)CNc1cccc(O)c1. The van der Waals surface area contributed by atoms with Crippen molar-refractivity contribution in [1.82, 2.24) is 0 Å². The van der Waals surface area contributed by atoms with E-state index in [1.165, 1.54) is 6.92 Å². The maximum Gasteiger partial charge on any atom is 0.303 e. The number of aromatic hydroxyl groups is 1. The number of esters is 1. The minimum absolute atomic E-state index is 0.204. The van der Waals surface area contributed by atoms with Crippen molar-refractivity contribution in [2.75, 3.05) is 11.9 Å². The van der Waals surface area contributed by atoms with E-state index in [0.29, 0.717) is 6.54 Å². The molecule has 0 aromatic heterocycles. The molecule has 0 unspecified atom stereocenters. The number of carbonyl (C=O) groups is 1. The summed E-state index contributed by atoms with van der Waals surface area (Å²) in [5.74, 6) is -0.0991. The molecule has 0 spiro atoms. The van der Waals surface area contributed by atoms with Crippen LogP contribution in [0.1, 0.15) is 20.8 Å². The fourth-order valence-electron chi connectivity index (χ4n) is 1.36. The van der Waals surface area contributed by atoms with Crippen molar-refractivity contribution in [3.8, 4) is 5.75 Å². The second kappa shape index (κ2) is 4.88. The van der Waals surface area contributed by atoms with Crippen molar-refractivity contribution < 1.29 is 14.6 Å². The number of nitrogens with one attached hydrogen (secondary N) is 1. The van der Waals surface area contributed by atoms with Crippen molar-refractivity contribution >= 4 is 11.7 Å². The lowest BCUT2D eigenvalue weighted by Gasteiger charge is -2.25. The van der Waals surface area contributed by atoms with Crippen LogP contribution in [0.15, 0.2) is 24.3 Å². The molecule has 0 fully saturated rings. The van der Waals surface area contributed by atoms with Gasteiger partial charge in [-0.2, -0.15) is 0 Å². The first-order chi connectivity index (χ1) is 7.39. The van der Waals surface area contributed by atoms with E-state index in [9.17, 15) is 9.90 Å². The van der Waals surface area contributed by atoms with E-state index in [4.69, 9.17) is 4.74 Å². The van der Waals surface area contributed by atoms with Gasteiger partial charge in [0.2, 0.25) is 0 Å². The zero-order valence-electron chi connectivity index (χ0n) is 9.78. The molecule has 0 heterocycles. The minimum atomic E-state index is -0.572. The largest absolute Gasteiger partial charge is 0.508 e. The predicted octanol–water partition coefficient (Wildman–Crippen LogP) is 2.15. The van der Waals surface area contributed by atoms with Crippen LogP contribution >= 0.6 is 0 Å². The van der Waals surface area contributed by atoms with Gasteiger partial charge in [0.05, 0.1) is 6.54 Å². The van der Waals surface area contributed by atoms with Crippen molar-refractivity contribution in [3.05, 3.63) is 24.3 Å². The number of rotatable bonds is 4. The predicted molar refractivity (Wildman–Crippen MR) is 62.4 cm³/mol. The first-order valence-corrected chi connectivity index (χ1v) is 5.11. The van der Waals surface area contributed by atoms with E-state index in [1.807, 2.05) is 19.9 Å². The van der Waals surface area contributed by atoms with Gasteiger partial charge in [-0.3, -0.25) is 4.79 Å². The second-order valence-corrected chi connectivity index (χ2v) is 4.26.